The summed E-state index contributed by atoms with van der Waals surface area (Å²) in [7, 11) is 3.24. The number of rotatable bonds is 7. The van der Waals surface area contributed by atoms with Gasteiger partial charge in [-0.2, -0.15) is 5.10 Å². The molecule has 0 radical (unpaired) electrons. The molecule has 1 heterocycles. The van der Waals surface area contributed by atoms with Crippen molar-refractivity contribution in [2.24, 2.45) is 0 Å². The minimum Gasteiger partial charge on any atom is -0.493 e. The highest BCUT2D eigenvalue weighted by molar-refractivity contribution is 6.30. The number of nitrogens with one attached hydrogen (secondary N) is 3. The largest absolute Gasteiger partial charge is 0.493 e. The lowest BCUT2D eigenvalue weighted by Gasteiger charge is -2.12. The van der Waals surface area contributed by atoms with Crippen molar-refractivity contribution < 1.29 is 9.47 Å². The predicted molar refractivity (Wildman–Crippen MR) is 100 cm³/mol. The molecule has 25 heavy (non-hydrogen) atoms. The molecule has 0 aliphatic carbocycles. The molecular weight excluding hydrogens is 340 g/mol. The number of aromatic nitrogens is 2. The maximum absolute atomic E-state index is 6.02. The monoisotopic (exact) mass is 358 g/mol. The van der Waals surface area contributed by atoms with Crippen LogP contribution < -0.4 is 20.1 Å². The summed E-state index contributed by atoms with van der Waals surface area (Å²) in [4.78, 5) is 0. The van der Waals surface area contributed by atoms with Crippen LogP contribution in [0, 0.1) is 0 Å². The summed E-state index contributed by atoms with van der Waals surface area (Å²) in [6.07, 6.45) is 1.72. The van der Waals surface area contributed by atoms with E-state index in [4.69, 9.17) is 21.1 Å². The van der Waals surface area contributed by atoms with E-state index in [-0.39, 0.29) is 0 Å². The van der Waals surface area contributed by atoms with E-state index < -0.39 is 0 Å². The molecule has 0 bridgehead atoms. The number of halogens is 1. The van der Waals surface area contributed by atoms with Crippen molar-refractivity contribution >= 4 is 28.8 Å². The molecule has 3 aromatic rings. The summed E-state index contributed by atoms with van der Waals surface area (Å²) < 4.78 is 10.6. The fourth-order valence-electron chi connectivity index (χ4n) is 2.42. The Morgan fingerprint density at radius 3 is 2.68 bits per heavy atom. The second-order valence-electron chi connectivity index (χ2n) is 5.34. The molecule has 7 heteroatoms. The number of benzene rings is 2. The standard InChI is InChI=1S/C18H19ClN4O2/c1-24-16-7-6-12(8-17(16)25-2)10-20-18-15(11-21-23-18)22-14-5-3-4-13(19)9-14/h3-9,11,22H,10H2,1-2H3,(H2,20,21,23). The molecule has 1 aromatic heterocycles. The fourth-order valence-corrected chi connectivity index (χ4v) is 2.61. The Morgan fingerprint density at radius 2 is 1.92 bits per heavy atom. The Morgan fingerprint density at radius 1 is 1.08 bits per heavy atom. The van der Waals surface area contributed by atoms with Gasteiger partial charge in [0.1, 0.15) is 11.5 Å². The zero-order valence-electron chi connectivity index (χ0n) is 14.0. The molecule has 0 atom stereocenters. The van der Waals surface area contributed by atoms with Gasteiger partial charge in [0.15, 0.2) is 11.5 Å². The van der Waals surface area contributed by atoms with Crippen LogP contribution in [0.5, 0.6) is 11.5 Å². The number of anilines is 3. The molecule has 0 saturated heterocycles. The highest BCUT2D eigenvalue weighted by Crippen LogP contribution is 2.29. The number of methoxy groups -OCH3 is 2. The average Bonchev–Trinajstić information content (AvgIpc) is 3.06. The van der Waals surface area contributed by atoms with E-state index in [0.717, 1.165) is 22.8 Å². The van der Waals surface area contributed by atoms with Crippen molar-refractivity contribution in [1.29, 1.82) is 0 Å². The van der Waals surface area contributed by atoms with E-state index in [1.54, 1.807) is 20.4 Å². The second-order valence-corrected chi connectivity index (χ2v) is 5.77. The third-order valence-corrected chi connectivity index (χ3v) is 3.90. The third-order valence-electron chi connectivity index (χ3n) is 3.66. The van der Waals surface area contributed by atoms with Gasteiger partial charge in [0.25, 0.3) is 0 Å². The van der Waals surface area contributed by atoms with Gasteiger partial charge >= 0.3 is 0 Å². The number of aromatic amines is 1. The summed E-state index contributed by atoms with van der Waals surface area (Å²) in [6, 6.07) is 13.3. The van der Waals surface area contributed by atoms with Gasteiger partial charge < -0.3 is 20.1 Å². The van der Waals surface area contributed by atoms with Gasteiger partial charge in [0.2, 0.25) is 0 Å². The van der Waals surface area contributed by atoms with Crippen LogP contribution >= 0.6 is 11.6 Å². The Hall–Kier alpha value is -2.86. The molecule has 0 aliphatic heterocycles. The first-order valence-corrected chi connectivity index (χ1v) is 8.08. The van der Waals surface area contributed by atoms with E-state index in [0.29, 0.717) is 23.1 Å². The van der Waals surface area contributed by atoms with E-state index in [2.05, 4.69) is 20.8 Å². The number of nitrogens with zero attached hydrogens (tertiary/aromatic N) is 1. The highest BCUT2D eigenvalue weighted by Gasteiger charge is 2.08. The van der Waals surface area contributed by atoms with Crippen molar-refractivity contribution in [3.8, 4) is 11.5 Å². The summed E-state index contributed by atoms with van der Waals surface area (Å²) in [5, 5.41) is 14.3. The Bertz CT molecular complexity index is 851. The average molecular weight is 359 g/mol. The first-order chi connectivity index (χ1) is 12.2. The maximum atomic E-state index is 6.02. The number of H-pyrrole nitrogens is 1. The molecule has 6 nitrogen and oxygen atoms in total. The molecule has 0 amide bonds. The summed E-state index contributed by atoms with van der Waals surface area (Å²) in [5.41, 5.74) is 2.78. The topological polar surface area (TPSA) is 71.2 Å². The van der Waals surface area contributed by atoms with E-state index in [9.17, 15) is 0 Å². The van der Waals surface area contributed by atoms with E-state index >= 15 is 0 Å². The lowest BCUT2D eigenvalue weighted by Crippen LogP contribution is -2.03. The van der Waals surface area contributed by atoms with Crippen LogP contribution in [0.25, 0.3) is 0 Å². The first kappa shape index (κ1) is 17.0. The summed E-state index contributed by atoms with van der Waals surface area (Å²) >= 11 is 6.02. The van der Waals surface area contributed by atoms with Gasteiger partial charge in [-0.05, 0) is 35.9 Å². The van der Waals surface area contributed by atoms with Crippen molar-refractivity contribution in [2.45, 2.75) is 6.54 Å². The van der Waals surface area contributed by atoms with Gasteiger partial charge in [-0.1, -0.05) is 23.7 Å². The van der Waals surface area contributed by atoms with Gasteiger partial charge in [0.05, 0.1) is 20.4 Å². The zero-order valence-corrected chi connectivity index (χ0v) is 14.7. The summed E-state index contributed by atoms with van der Waals surface area (Å²) in [6.45, 7) is 0.604. The van der Waals surface area contributed by atoms with Crippen molar-refractivity contribution in [3.63, 3.8) is 0 Å². The predicted octanol–water partition coefficient (Wildman–Crippen LogP) is 4.44. The third kappa shape index (κ3) is 4.16. The molecule has 3 N–H and O–H groups in total. The molecule has 2 aromatic carbocycles. The minimum atomic E-state index is 0.604. The smallest absolute Gasteiger partial charge is 0.161 e. The lowest BCUT2D eigenvalue weighted by molar-refractivity contribution is 0.354. The van der Waals surface area contributed by atoms with Crippen LogP contribution in [-0.4, -0.2) is 24.4 Å². The van der Waals surface area contributed by atoms with Crippen LogP contribution in [0.1, 0.15) is 5.56 Å². The molecule has 0 spiro atoms. The fraction of sp³-hybridized carbons (Fsp3) is 0.167. The van der Waals surface area contributed by atoms with Crippen LogP contribution in [0.4, 0.5) is 17.2 Å². The molecule has 0 saturated carbocycles. The summed E-state index contributed by atoms with van der Waals surface area (Å²) in [5.74, 6) is 2.19. The minimum absolute atomic E-state index is 0.604. The highest BCUT2D eigenvalue weighted by atomic mass is 35.5. The van der Waals surface area contributed by atoms with Crippen molar-refractivity contribution in [1.82, 2.24) is 10.2 Å². The molecule has 0 unspecified atom stereocenters. The maximum Gasteiger partial charge on any atom is 0.161 e. The van der Waals surface area contributed by atoms with Crippen LogP contribution in [0.3, 0.4) is 0 Å². The van der Waals surface area contributed by atoms with Crippen LogP contribution in [0.15, 0.2) is 48.7 Å². The van der Waals surface area contributed by atoms with Crippen LogP contribution in [-0.2, 0) is 6.54 Å². The van der Waals surface area contributed by atoms with Crippen molar-refractivity contribution in [3.05, 3.63) is 59.2 Å². The first-order valence-electron chi connectivity index (χ1n) is 7.70. The molecular formula is C18H19ClN4O2. The lowest BCUT2D eigenvalue weighted by atomic mass is 10.2. The Labute approximate surface area is 151 Å². The van der Waals surface area contributed by atoms with E-state index in [1.165, 1.54) is 0 Å². The van der Waals surface area contributed by atoms with Crippen LogP contribution in [0.2, 0.25) is 5.02 Å². The second kappa shape index (κ2) is 7.81. The zero-order chi connectivity index (χ0) is 17.6. The molecule has 130 valence electrons. The Kier molecular flexibility index (Phi) is 5.30. The van der Waals surface area contributed by atoms with E-state index in [1.807, 2.05) is 42.5 Å². The number of hydrogen-bond donors (Lipinski definition) is 3. The van der Waals surface area contributed by atoms with Gasteiger partial charge in [-0.15, -0.1) is 0 Å². The molecule has 3 rings (SSSR count). The van der Waals surface area contributed by atoms with Gasteiger partial charge in [-0.3, -0.25) is 5.10 Å². The van der Waals surface area contributed by atoms with Gasteiger partial charge in [-0.25, -0.2) is 0 Å². The SMILES string of the molecule is COc1ccc(CNc2[nH]ncc2Nc2cccc(Cl)c2)cc1OC. The van der Waals surface area contributed by atoms with Crippen molar-refractivity contribution in [2.75, 3.05) is 24.9 Å². The van der Waals surface area contributed by atoms with Gasteiger partial charge in [0, 0.05) is 17.3 Å². The normalized spacial score (nSPS) is 10.4. The molecule has 0 aliphatic rings. The Balaban J connectivity index is 1.69. The number of hydrogen-bond acceptors (Lipinski definition) is 5. The quantitative estimate of drug-likeness (QED) is 0.582. The number of ether oxygens (including phenoxy) is 2. The molecule has 0 fully saturated rings.